The number of anilines is 1. The third-order valence-corrected chi connectivity index (χ3v) is 5.88. The number of carbonyl (C=O) groups excluding carboxylic acids is 1. The number of Topliss-reactive ketones (excluding diaryl/α,β-unsaturated/α-hetero) is 1. The zero-order valence-electron chi connectivity index (χ0n) is 18.1. The van der Waals surface area contributed by atoms with Crippen LogP contribution >= 0.6 is 0 Å². The third kappa shape index (κ3) is 3.12. The Morgan fingerprint density at radius 3 is 2.47 bits per heavy atom. The number of rotatable bonds is 5. The van der Waals surface area contributed by atoms with Crippen LogP contribution in [-0.4, -0.2) is 29.6 Å². The molecule has 160 valence electrons. The normalized spacial score (nSPS) is 15.3. The number of nitrogens with one attached hydrogen (secondary N) is 1. The van der Waals surface area contributed by atoms with Crippen LogP contribution in [0, 0.1) is 0 Å². The average molecular weight is 425 g/mol. The van der Waals surface area contributed by atoms with E-state index >= 15 is 0 Å². The first-order valence-electron chi connectivity index (χ1n) is 10.4. The topological polar surface area (TPSA) is 65.4 Å². The summed E-state index contributed by atoms with van der Waals surface area (Å²) in [6.45, 7) is 1.97. The van der Waals surface area contributed by atoms with Crippen molar-refractivity contribution in [2.24, 2.45) is 0 Å². The van der Waals surface area contributed by atoms with Crippen molar-refractivity contribution < 1.29 is 14.3 Å². The summed E-state index contributed by atoms with van der Waals surface area (Å²) < 4.78 is 13.1. The van der Waals surface area contributed by atoms with Gasteiger partial charge in [0, 0.05) is 22.4 Å². The highest BCUT2D eigenvalue weighted by molar-refractivity contribution is 6.14. The summed E-state index contributed by atoms with van der Waals surface area (Å²) in [4.78, 5) is 18.6. The average Bonchev–Trinajstić information content (AvgIpc) is 3.22. The van der Waals surface area contributed by atoms with Gasteiger partial charge in [-0.25, -0.2) is 4.98 Å². The molecule has 0 bridgehead atoms. The van der Waals surface area contributed by atoms with Gasteiger partial charge in [0.1, 0.15) is 11.5 Å². The van der Waals surface area contributed by atoms with Gasteiger partial charge in [-0.15, -0.1) is 0 Å². The van der Waals surface area contributed by atoms with E-state index in [1.54, 1.807) is 14.2 Å². The van der Waals surface area contributed by atoms with Gasteiger partial charge in [-0.05, 0) is 37.3 Å². The number of para-hydroxylation sites is 2. The third-order valence-electron chi connectivity index (χ3n) is 5.88. The van der Waals surface area contributed by atoms with Gasteiger partial charge in [0.05, 0.1) is 31.3 Å². The van der Waals surface area contributed by atoms with E-state index in [-0.39, 0.29) is 5.78 Å². The van der Waals surface area contributed by atoms with E-state index < -0.39 is 6.04 Å². The van der Waals surface area contributed by atoms with Crippen LogP contribution in [0.1, 0.15) is 28.9 Å². The maximum Gasteiger partial charge on any atom is 0.209 e. The van der Waals surface area contributed by atoms with E-state index in [2.05, 4.69) is 5.32 Å². The second-order valence-electron chi connectivity index (χ2n) is 7.64. The fourth-order valence-electron chi connectivity index (χ4n) is 4.33. The molecule has 32 heavy (non-hydrogen) atoms. The summed E-state index contributed by atoms with van der Waals surface area (Å²) in [5, 5.41) is 3.50. The van der Waals surface area contributed by atoms with Crippen LogP contribution in [0.15, 0.2) is 78.4 Å². The summed E-state index contributed by atoms with van der Waals surface area (Å²) in [5.41, 5.74) is 4.71. The number of ether oxygens (including phenoxy) is 2. The predicted octanol–water partition coefficient (Wildman–Crippen LogP) is 5.33. The van der Waals surface area contributed by atoms with E-state index in [0.717, 1.165) is 22.3 Å². The standard InChI is InChI=1S/C26H23N3O3/c1-16-23(25(30)17-9-5-4-6-10-17)24(19-15-18(31-2)13-14-22(19)32-3)28-26-27-20-11-7-8-12-21(20)29(16)26/h4-15,24H,1-3H3,(H,27,28). The number of benzene rings is 3. The van der Waals surface area contributed by atoms with E-state index in [9.17, 15) is 4.79 Å². The molecule has 3 aromatic carbocycles. The highest BCUT2D eigenvalue weighted by Gasteiger charge is 2.34. The number of nitrogens with zero attached hydrogens (tertiary/aromatic N) is 2. The van der Waals surface area contributed by atoms with Crippen LogP contribution in [0.25, 0.3) is 16.7 Å². The predicted molar refractivity (Wildman–Crippen MR) is 125 cm³/mol. The minimum atomic E-state index is -0.461. The number of aromatic nitrogens is 2. The number of carbonyl (C=O) groups is 1. The quantitative estimate of drug-likeness (QED) is 0.438. The minimum absolute atomic E-state index is 0.0473. The molecule has 6 nitrogen and oxygen atoms in total. The van der Waals surface area contributed by atoms with E-state index in [1.807, 2.05) is 84.3 Å². The van der Waals surface area contributed by atoms with Crippen LogP contribution in [-0.2, 0) is 0 Å². The van der Waals surface area contributed by atoms with Gasteiger partial charge >= 0.3 is 0 Å². The van der Waals surface area contributed by atoms with E-state index in [1.165, 1.54) is 0 Å². The Bertz CT molecular complexity index is 1360. The number of ketones is 1. The fourth-order valence-corrected chi connectivity index (χ4v) is 4.33. The van der Waals surface area contributed by atoms with Gasteiger partial charge in [0.25, 0.3) is 0 Å². The minimum Gasteiger partial charge on any atom is -0.497 e. The summed E-state index contributed by atoms with van der Waals surface area (Å²) in [5.74, 6) is 1.99. The Morgan fingerprint density at radius 1 is 0.969 bits per heavy atom. The van der Waals surface area contributed by atoms with Crippen molar-refractivity contribution in [2.45, 2.75) is 13.0 Å². The number of fused-ring (bicyclic) bond motifs is 3. The Kier molecular flexibility index (Phi) is 4.90. The molecule has 5 rings (SSSR count). The summed E-state index contributed by atoms with van der Waals surface area (Å²) in [7, 11) is 3.25. The Labute approximate surface area is 186 Å². The van der Waals surface area contributed by atoms with Gasteiger partial charge < -0.3 is 14.8 Å². The molecule has 1 unspecified atom stereocenters. The van der Waals surface area contributed by atoms with Crippen LogP contribution in [0.5, 0.6) is 11.5 Å². The van der Waals surface area contributed by atoms with Crippen molar-refractivity contribution in [2.75, 3.05) is 19.5 Å². The zero-order valence-corrected chi connectivity index (χ0v) is 18.1. The molecule has 1 N–H and O–H groups in total. The molecule has 0 spiro atoms. The number of hydrogen-bond acceptors (Lipinski definition) is 5. The lowest BCUT2D eigenvalue weighted by molar-refractivity contribution is 0.102. The molecule has 1 atom stereocenters. The highest BCUT2D eigenvalue weighted by Crippen LogP contribution is 2.43. The Balaban J connectivity index is 1.77. The molecule has 6 heteroatoms. The van der Waals surface area contributed by atoms with Crippen LogP contribution in [0.2, 0.25) is 0 Å². The summed E-state index contributed by atoms with van der Waals surface area (Å²) >= 11 is 0. The molecule has 0 aliphatic carbocycles. The molecule has 1 aliphatic rings. The fraction of sp³-hybridized carbons (Fsp3) is 0.154. The second-order valence-corrected chi connectivity index (χ2v) is 7.64. The van der Waals surface area contributed by atoms with Gasteiger partial charge in [-0.3, -0.25) is 9.36 Å². The van der Waals surface area contributed by atoms with Crippen LogP contribution in [0.3, 0.4) is 0 Å². The number of imidazole rings is 1. The summed E-state index contributed by atoms with van der Waals surface area (Å²) in [6.07, 6.45) is 0. The Morgan fingerprint density at radius 2 is 1.72 bits per heavy atom. The zero-order chi connectivity index (χ0) is 22.2. The maximum atomic E-state index is 13.8. The first-order chi connectivity index (χ1) is 15.6. The van der Waals surface area contributed by atoms with Crippen molar-refractivity contribution in [3.05, 3.63) is 89.5 Å². The van der Waals surface area contributed by atoms with Crippen LogP contribution < -0.4 is 14.8 Å². The molecule has 0 amide bonds. The van der Waals surface area contributed by atoms with Crippen molar-refractivity contribution in [1.82, 2.24) is 9.55 Å². The molecule has 0 fully saturated rings. The number of hydrogen-bond donors (Lipinski definition) is 1. The van der Waals surface area contributed by atoms with Crippen molar-refractivity contribution in [1.29, 1.82) is 0 Å². The van der Waals surface area contributed by atoms with Gasteiger partial charge in [0.15, 0.2) is 5.78 Å². The monoisotopic (exact) mass is 425 g/mol. The largest absolute Gasteiger partial charge is 0.497 e. The van der Waals surface area contributed by atoms with Crippen molar-refractivity contribution >= 4 is 28.5 Å². The first-order valence-corrected chi connectivity index (χ1v) is 10.4. The lowest BCUT2D eigenvalue weighted by Gasteiger charge is -2.31. The molecule has 0 saturated heterocycles. The van der Waals surface area contributed by atoms with Gasteiger partial charge in [0.2, 0.25) is 5.95 Å². The molecular weight excluding hydrogens is 402 g/mol. The SMILES string of the molecule is COc1ccc(OC)c(C2Nc3nc4ccccc4n3C(C)=C2C(=O)c2ccccc2)c1. The molecule has 4 aromatic rings. The summed E-state index contributed by atoms with van der Waals surface area (Å²) in [6, 6.07) is 22.4. The van der Waals surface area contributed by atoms with Crippen molar-refractivity contribution in [3.8, 4) is 11.5 Å². The molecule has 0 radical (unpaired) electrons. The molecule has 2 heterocycles. The maximum absolute atomic E-state index is 13.8. The lowest BCUT2D eigenvalue weighted by atomic mass is 9.89. The molecule has 1 aliphatic heterocycles. The number of allylic oxidation sites excluding steroid dienone is 1. The van der Waals surface area contributed by atoms with Gasteiger partial charge in [-0.1, -0.05) is 42.5 Å². The van der Waals surface area contributed by atoms with Crippen LogP contribution in [0.4, 0.5) is 5.95 Å². The Hall–Kier alpha value is -4.06. The van der Waals surface area contributed by atoms with Crippen molar-refractivity contribution in [3.63, 3.8) is 0 Å². The molecular formula is C26H23N3O3. The smallest absolute Gasteiger partial charge is 0.209 e. The van der Waals surface area contributed by atoms with Gasteiger partial charge in [-0.2, -0.15) is 0 Å². The van der Waals surface area contributed by atoms with E-state index in [0.29, 0.717) is 28.6 Å². The molecule has 1 aromatic heterocycles. The lowest BCUT2D eigenvalue weighted by Crippen LogP contribution is -2.27. The molecule has 0 saturated carbocycles. The number of methoxy groups -OCH3 is 2. The van der Waals surface area contributed by atoms with E-state index in [4.69, 9.17) is 14.5 Å². The highest BCUT2D eigenvalue weighted by atomic mass is 16.5. The second kappa shape index (κ2) is 7.89. The first kappa shape index (κ1) is 19.9.